The number of carbonyl (C=O) groups is 1. The van der Waals surface area contributed by atoms with Gasteiger partial charge in [0.15, 0.2) is 0 Å². The topological polar surface area (TPSA) is 32.3 Å². The van der Waals surface area contributed by atoms with Crippen LogP contribution >= 0.6 is 11.6 Å². The van der Waals surface area contributed by atoms with E-state index in [2.05, 4.69) is 10.2 Å². The van der Waals surface area contributed by atoms with Crippen molar-refractivity contribution in [1.29, 1.82) is 0 Å². The van der Waals surface area contributed by atoms with Crippen LogP contribution in [-0.2, 0) is 4.79 Å². The predicted molar refractivity (Wildman–Crippen MR) is 96.1 cm³/mol. The zero-order chi connectivity index (χ0) is 16.9. The maximum Gasteiger partial charge on any atom is 0.226 e. The predicted octanol–water partition coefficient (Wildman–Crippen LogP) is 4.87. The molecule has 1 atom stereocenters. The van der Waals surface area contributed by atoms with Crippen LogP contribution in [0, 0.1) is 5.82 Å². The molecule has 1 amide bonds. The van der Waals surface area contributed by atoms with E-state index < -0.39 is 0 Å². The summed E-state index contributed by atoms with van der Waals surface area (Å²) in [6.07, 6.45) is 3.45. The fourth-order valence-electron chi connectivity index (χ4n) is 3.20. The molecule has 0 saturated carbocycles. The summed E-state index contributed by atoms with van der Waals surface area (Å²) >= 11 is 5.94. The molecule has 0 bridgehead atoms. The normalized spacial score (nSPS) is 17.6. The summed E-state index contributed by atoms with van der Waals surface area (Å²) in [5.41, 5.74) is 1.54. The van der Waals surface area contributed by atoms with Crippen LogP contribution < -0.4 is 10.2 Å². The highest BCUT2D eigenvalue weighted by Crippen LogP contribution is 2.27. The molecule has 1 N–H and O–H groups in total. The Hall–Kier alpha value is -2.07. The standard InChI is InChI=1S/C19H20ClFN2O/c20-14-5-3-7-16(11-14)22-19(24)13-18-8-1-2-10-23(18)17-9-4-6-15(21)12-17/h3-7,9,11-12,18H,1-2,8,10,13H2,(H,22,24). The molecule has 1 fully saturated rings. The van der Waals surface area contributed by atoms with Crippen molar-refractivity contribution >= 4 is 28.9 Å². The largest absolute Gasteiger partial charge is 0.368 e. The third-order valence-electron chi connectivity index (χ3n) is 4.30. The van der Waals surface area contributed by atoms with Gasteiger partial charge in [-0.1, -0.05) is 23.7 Å². The van der Waals surface area contributed by atoms with Gasteiger partial charge in [0.25, 0.3) is 0 Å². The van der Waals surface area contributed by atoms with Crippen LogP contribution in [0.3, 0.4) is 0 Å². The second-order valence-electron chi connectivity index (χ2n) is 6.09. The minimum absolute atomic E-state index is 0.0504. The van der Waals surface area contributed by atoms with Gasteiger partial charge in [0.05, 0.1) is 0 Å². The van der Waals surface area contributed by atoms with E-state index >= 15 is 0 Å². The molecule has 126 valence electrons. The number of halogens is 2. The van der Waals surface area contributed by atoms with E-state index in [-0.39, 0.29) is 17.8 Å². The Kier molecular flexibility index (Phi) is 5.36. The van der Waals surface area contributed by atoms with Gasteiger partial charge in [-0.3, -0.25) is 4.79 Å². The maximum atomic E-state index is 13.5. The Morgan fingerprint density at radius 1 is 1.21 bits per heavy atom. The molecule has 1 aliphatic rings. The lowest BCUT2D eigenvalue weighted by Crippen LogP contribution is -2.41. The second-order valence-corrected chi connectivity index (χ2v) is 6.52. The van der Waals surface area contributed by atoms with Crippen molar-refractivity contribution < 1.29 is 9.18 Å². The van der Waals surface area contributed by atoms with Crippen molar-refractivity contribution in [3.8, 4) is 0 Å². The summed E-state index contributed by atoms with van der Waals surface area (Å²) in [7, 11) is 0. The van der Waals surface area contributed by atoms with E-state index in [1.807, 2.05) is 12.1 Å². The van der Waals surface area contributed by atoms with Gasteiger partial charge in [-0.2, -0.15) is 0 Å². The minimum atomic E-state index is -0.250. The number of benzene rings is 2. The average molecular weight is 347 g/mol. The van der Waals surface area contributed by atoms with Crippen LogP contribution in [-0.4, -0.2) is 18.5 Å². The summed E-state index contributed by atoms with van der Waals surface area (Å²) in [5.74, 6) is -0.300. The van der Waals surface area contributed by atoms with Gasteiger partial charge in [0, 0.05) is 35.4 Å². The summed E-state index contributed by atoms with van der Waals surface area (Å²) in [6, 6.07) is 13.8. The number of piperidine rings is 1. The Morgan fingerprint density at radius 3 is 2.83 bits per heavy atom. The van der Waals surface area contributed by atoms with Gasteiger partial charge in [0.2, 0.25) is 5.91 Å². The first-order valence-electron chi connectivity index (χ1n) is 8.19. The zero-order valence-electron chi connectivity index (χ0n) is 13.3. The molecule has 3 nitrogen and oxygen atoms in total. The lowest BCUT2D eigenvalue weighted by atomic mass is 9.98. The Balaban J connectivity index is 1.68. The molecule has 2 aromatic rings. The van der Waals surface area contributed by atoms with Crippen LogP contribution in [0.2, 0.25) is 5.02 Å². The highest BCUT2D eigenvalue weighted by molar-refractivity contribution is 6.30. The van der Waals surface area contributed by atoms with Crippen molar-refractivity contribution in [2.24, 2.45) is 0 Å². The molecule has 0 aliphatic carbocycles. The van der Waals surface area contributed by atoms with Crippen LogP contribution in [0.4, 0.5) is 15.8 Å². The molecule has 0 spiro atoms. The molecule has 0 aromatic heterocycles. The summed E-state index contributed by atoms with van der Waals surface area (Å²) in [6.45, 7) is 0.846. The average Bonchev–Trinajstić information content (AvgIpc) is 2.55. The number of nitrogens with zero attached hydrogens (tertiary/aromatic N) is 1. The molecule has 2 aromatic carbocycles. The molecule has 1 saturated heterocycles. The van der Waals surface area contributed by atoms with E-state index in [9.17, 15) is 9.18 Å². The Bertz CT molecular complexity index is 722. The molecular formula is C19H20ClFN2O. The number of anilines is 2. The molecule has 0 radical (unpaired) electrons. The van der Waals surface area contributed by atoms with E-state index in [4.69, 9.17) is 11.6 Å². The van der Waals surface area contributed by atoms with Gasteiger partial charge in [0.1, 0.15) is 5.82 Å². The Morgan fingerprint density at radius 2 is 2.04 bits per heavy atom. The number of nitrogens with one attached hydrogen (secondary N) is 1. The first kappa shape index (κ1) is 16.8. The van der Waals surface area contributed by atoms with Crippen LogP contribution in [0.15, 0.2) is 48.5 Å². The number of carbonyl (C=O) groups excluding carboxylic acids is 1. The third kappa shape index (κ3) is 4.26. The van der Waals surface area contributed by atoms with Crippen molar-refractivity contribution in [1.82, 2.24) is 0 Å². The molecule has 24 heavy (non-hydrogen) atoms. The minimum Gasteiger partial charge on any atom is -0.368 e. The number of hydrogen-bond donors (Lipinski definition) is 1. The molecular weight excluding hydrogens is 327 g/mol. The first-order chi connectivity index (χ1) is 11.6. The van der Waals surface area contributed by atoms with Gasteiger partial charge in [-0.15, -0.1) is 0 Å². The fourth-order valence-corrected chi connectivity index (χ4v) is 3.39. The van der Waals surface area contributed by atoms with Crippen molar-refractivity contribution in [3.63, 3.8) is 0 Å². The second kappa shape index (κ2) is 7.67. The highest BCUT2D eigenvalue weighted by atomic mass is 35.5. The van der Waals surface area contributed by atoms with E-state index in [1.54, 1.807) is 24.3 Å². The van der Waals surface area contributed by atoms with E-state index in [1.165, 1.54) is 12.1 Å². The fraction of sp³-hybridized carbons (Fsp3) is 0.316. The lowest BCUT2D eigenvalue weighted by Gasteiger charge is -2.37. The van der Waals surface area contributed by atoms with Crippen molar-refractivity contribution in [3.05, 3.63) is 59.4 Å². The highest BCUT2D eigenvalue weighted by Gasteiger charge is 2.25. The van der Waals surface area contributed by atoms with Gasteiger partial charge < -0.3 is 10.2 Å². The zero-order valence-corrected chi connectivity index (χ0v) is 14.1. The smallest absolute Gasteiger partial charge is 0.226 e. The van der Waals surface area contributed by atoms with E-state index in [0.717, 1.165) is 31.5 Å². The number of rotatable bonds is 4. The van der Waals surface area contributed by atoms with Crippen molar-refractivity contribution in [2.75, 3.05) is 16.8 Å². The lowest BCUT2D eigenvalue weighted by molar-refractivity contribution is -0.116. The van der Waals surface area contributed by atoms with Gasteiger partial charge >= 0.3 is 0 Å². The third-order valence-corrected chi connectivity index (χ3v) is 4.53. The first-order valence-corrected chi connectivity index (χ1v) is 8.57. The number of hydrogen-bond acceptors (Lipinski definition) is 2. The molecule has 5 heteroatoms. The molecule has 1 unspecified atom stereocenters. The molecule has 1 aliphatic heterocycles. The van der Waals surface area contributed by atoms with E-state index in [0.29, 0.717) is 17.1 Å². The summed E-state index contributed by atoms with van der Waals surface area (Å²) in [4.78, 5) is 14.5. The van der Waals surface area contributed by atoms with Crippen LogP contribution in [0.25, 0.3) is 0 Å². The quantitative estimate of drug-likeness (QED) is 0.856. The van der Waals surface area contributed by atoms with Crippen LogP contribution in [0.5, 0.6) is 0 Å². The van der Waals surface area contributed by atoms with Crippen molar-refractivity contribution in [2.45, 2.75) is 31.7 Å². The van der Waals surface area contributed by atoms with Gasteiger partial charge in [-0.25, -0.2) is 4.39 Å². The molecule has 3 rings (SSSR count). The Labute approximate surface area is 146 Å². The maximum absolute atomic E-state index is 13.5. The summed E-state index contributed by atoms with van der Waals surface area (Å²) < 4.78 is 13.5. The number of amides is 1. The van der Waals surface area contributed by atoms with Gasteiger partial charge in [-0.05, 0) is 55.7 Å². The summed E-state index contributed by atoms with van der Waals surface area (Å²) in [5, 5.41) is 3.48. The monoisotopic (exact) mass is 346 g/mol. The van der Waals surface area contributed by atoms with Crippen LogP contribution in [0.1, 0.15) is 25.7 Å². The molecule has 1 heterocycles. The SMILES string of the molecule is O=C(CC1CCCCN1c1cccc(F)c1)Nc1cccc(Cl)c1.